The Balaban J connectivity index is 1.94. The van der Waals surface area contributed by atoms with Crippen LogP contribution in [0.4, 0.5) is 5.69 Å². The predicted octanol–water partition coefficient (Wildman–Crippen LogP) is 3.64. The first-order valence-corrected chi connectivity index (χ1v) is 9.00. The Labute approximate surface area is 160 Å². The summed E-state index contributed by atoms with van der Waals surface area (Å²) in [6.07, 6.45) is 0. The van der Waals surface area contributed by atoms with Crippen molar-refractivity contribution < 1.29 is 14.3 Å². The van der Waals surface area contributed by atoms with Gasteiger partial charge in [-0.25, -0.2) is 0 Å². The Morgan fingerprint density at radius 1 is 1.07 bits per heavy atom. The normalized spacial score (nSPS) is 11.2. The van der Waals surface area contributed by atoms with Crippen molar-refractivity contribution in [1.82, 2.24) is 5.32 Å². The molecule has 27 heavy (non-hydrogen) atoms. The molecule has 1 unspecified atom stereocenters. The summed E-state index contributed by atoms with van der Waals surface area (Å²) in [7, 11) is 0. The zero-order valence-electron chi connectivity index (χ0n) is 15.9. The van der Waals surface area contributed by atoms with E-state index in [1.54, 1.807) is 24.3 Å². The summed E-state index contributed by atoms with van der Waals surface area (Å²) in [6.45, 7) is 7.01. The van der Waals surface area contributed by atoms with E-state index in [1.165, 1.54) is 0 Å². The number of rotatable bonds is 9. The molecule has 0 aliphatic rings. The Kier molecular flexibility index (Phi) is 7.50. The van der Waals surface area contributed by atoms with Crippen LogP contribution in [0.5, 0.6) is 11.5 Å². The number of amides is 1. The summed E-state index contributed by atoms with van der Waals surface area (Å²) in [5.74, 6) is 1.25. The minimum atomic E-state index is -0.171. The molecule has 0 radical (unpaired) electrons. The molecule has 0 aliphatic carbocycles. The van der Waals surface area contributed by atoms with Crippen LogP contribution in [-0.4, -0.2) is 25.7 Å². The number of ether oxygens (including phenoxy) is 2. The quantitative estimate of drug-likeness (QED) is 0.707. The first-order valence-electron chi connectivity index (χ1n) is 9.00. The summed E-state index contributed by atoms with van der Waals surface area (Å²) in [5, 5.41) is 14.8. The summed E-state index contributed by atoms with van der Waals surface area (Å²) in [4.78, 5) is 12.2. The van der Waals surface area contributed by atoms with Gasteiger partial charge in [-0.2, -0.15) is 5.26 Å². The number of nitrogens with zero attached hydrogens (tertiary/aromatic N) is 1. The third-order valence-electron chi connectivity index (χ3n) is 3.91. The van der Waals surface area contributed by atoms with Crippen molar-refractivity contribution in [2.45, 2.75) is 26.8 Å². The van der Waals surface area contributed by atoms with Gasteiger partial charge in [-0.3, -0.25) is 4.79 Å². The molecule has 2 aromatic rings. The van der Waals surface area contributed by atoms with Gasteiger partial charge >= 0.3 is 0 Å². The largest absolute Gasteiger partial charge is 0.490 e. The van der Waals surface area contributed by atoms with Crippen LogP contribution in [0.2, 0.25) is 0 Å². The van der Waals surface area contributed by atoms with Crippen LogP contribution in [0.15, 0.2) is 42.5 Å². The lowest BCUT2D eigenvalue weighted by molar-refractivity contribution is -0.120. The van der Waals surface area contributed by atoms with Gasteiger partial charge in [0.1, 0.15) is 0 Å². The molecule has 0 fully saturated rings. The SMILES string of the molecule is CCOc1ccc(C(C)NC(=O)CNc2ccc(C#N)cc2)cc1OCC. The summed E-state index contributed by atoms with van der Waals surface area (Å²) < 4.78 is 11.2. The number of carbonyl (C=O) groups is 1. The highest BCUT2D eigenvalue weighted by atomic mass is 16.5. The Morgan fingerprint density at radius 2 is 1.74 bits per heavy atom. The topological polar surface area (TPSA) is 83.4 Å². The maximum Gasteiger partial charge on any atom is 0.239 e. The third kappa shape index (κ3) is 5.93. The molecule has 0 aromatic heterocycles. The second-order valence-electron chi connectivity index (χ2n) is 5.90. The van der Waals surface area contributed by atoms with Gasteiger partial charge in [0.2, 0.25) is 5.91 Å². The molecule has 0 bridgehead atoms. The van der Waals surface area contributed by atoms with Crippen LogP contribution in [0, 0.1) is 11.3 Å². The average Bonchev–Trinajstić information content (AvgIpc) is 2.68. The van der Waals surface area contributed by atoms with Gasteiger partial charge in [-0.05, 0) is 62.7 Å². The van der Waals surface area contributed by atoms with Crippen LogP contribution in [0.1, 0.15) is 37.9 Å². The van der Waals surface area contributed by atoms with E-state index in [9.17, 15) is 4.79 Å². The fourth-order valence-corrected chi connectivity index (χ4v) is 2.56. The van der Waals surface area contributed by atoms with Gasteiger partial charge in [0.15, 0.2) is 11.5 Å². The van der Waals surface area contributed by atoms with E-state index in [-0.39, 0.29) is 18.5 Å². The van der Waals surface area contributed by atoms with E-state index in [4.69, 9.17) is 14.7 Å². The second kappa shape index (κ2) is 10.1. The average molecular weight is 367 g/mol. The zero-order valence-corrected chi connectivity index (χ0v) is 15.9. The van der Waals surface area contributed by atoms with Gasteiger partial charge < -0.3 is 20.1 Å². The molecule has 1 atom stereocenters. The van der Waals surface area contributed by atoms with E-state index in [2.05, 4.69) is 16.7 Å². The van der Waals surface area contributed by atoms with E-state index < -0.39 is 0 Å². The standard InChI is InChI=1S/C21H25N3O3/c1-4-26-19-11-8-17(12-20(19)27-5-2)15(3)24-21(25)14-23-18-9-6-16(13-22)7-10-18/h6-12,15,23H,4-5,14H2,1-3H3,(H,24,25). The Morgan fingerprint density at radius 3 is 2.37 bits per heavy atom. The molecule has 2 N–H and O–H groups in total. The monoisotopic (exact) mass is 367 g/mol. The fraction of sp³-hybridized carbons (Fsp3) is 0.333. The van der Waals surface area contributed by atoms with Gasteiger partial charge in [-0.15, -0.1) is 0 Å². The number of carbonyl (C=O) groups excluding carboxylic acids is 1. The summed E-state index contributed by atoms with van der Waals surface area (Å²) >= 11 is 0. The van der Waals surface area contributed by atoms with E-state index >= 15 is 0 Å². The number of nitrogens with one attached hydrogen (secondary N) is 2. The van der Waals surface area contributed by atoms with Crippen LogP contribution in [0.3, 0.4) is 0 Å². The maximum atomic E-state index is 12.2. The molecular weight excluding hydrogens is 342 g/mol. The first kappa shape index (κ1) is 20.1. The van der Waals surface area contributed by atoms with Crippen molar-refractivity contribution in [2.24, 2.45) is 0 Å². The van der Waals surface area contributed by atoms with Crippen LogP contribution in [0.25, 0.3) is 0 Å². The van der Waals surface area contributed by atoms with Crippen molar-refractivity contribution in [3.05, 3.63) is 53.6 Å². The molecule has 1 amide bonds. The van der Waals surface area contributed by atoms with Crippen LogP contribution >= 0.6 is 0 Å². The van der Waals surface area contributed by atoms with Crippen LogP contribution in [-0.2, 0) is 4.79 Å². The van der Waals surface area contributed by atoms with Crippen molar-refractivity contribution in [2.75, 3.05) is 25.1 Å². The highest BCUT2D eigenvalue weighted by Gasteiger charge is 2.13. The van der Waals surface area contributed by atoms with E-state index in [0.717, 1.165) is 11.3 Å². The van der Waals surface area contributed by atoms with Crippen molar-refractivity contribution in [3.8, 4) is 17.6 Å². The van der Waals surface area contributed by atoms with E-state index in [0.29, 0.717) is 30.3 Å². The highest BCUT2D eigenvalue weighted by Crippen LogP contribution is 2.30. The molecule has 0 heterocycles. The molecule has 0 saturated heterocycles. The molecule has 2 aromatic carbocycles. The maximum absolute atomic E-state index is 12.2. The lowest BCUT2D eigenvalue weighted by Crippen LogP contribution is -2.32. The van der Waals surface area contributed by atoms with Crippen LogP contribution < -0.4 is 20.1 Å². The number of nitriles is 1. The molecular formula is C21H25N3O3. The molecule has 6 heteroatoms. The Hall–Kier alpha value is -3.20. The molecule has 0 aliphatic heterocycles. The summed E-state index contributed by atoms with van der Waals surface area (Å²) in [5.41, 5.74) is 2.31. The second-order valence-corrected chi connectivity index (χ2v) is 5.90. The lowest BCUT2D eigenvalue weighted by Gasteiger charge is -2.18. The third-order valence-corrected chi connectivity index (χ3v) is 3.91. The first-order chi connectivity index (χ1) is 13.1. The molecule has 0 saturated carbocycles. The van der Waals surface area contributed by atoms with Crippen molar-refractivity contribution in [1.29, 1.82) is 5.26 Å². The predicted molar refractivity (Wildman–Crippen MR) is 105 cm³/mol. The molecule has 0 spiro atoms. The zero-order chi connectivity index (χ0) is 19.6. The number of benzene rings is 2. The minimum Gasteiger partial charge on any atom is -0.490 e. The molecule has 142 valence electrons. The van der Waals surface area contributed by atoms with Gasteiger partial charge in [0.05, 0.1) is 37.4 Å². The van der Waals surface area contributed by atoms with Gasteiger partial charge in [0, 0.05) is 5.69 Å². The van der Waals surface area contributed by atoms with E-state index in [1.807, 2.05) is 39.0 Å². The fourth-order valence-electron chi connectivity index (χ4n) is 2.56. The molecule has 2 rings (SSSR count). The van der Waals surface area contributed by atoms with Gasteiger partial charge in [0.25, 0.3) is 0 Å². The smallest absolute Gasteiger partial charge is 0.239 e. The van der Waals surface area contributed by atoms with Crippen molar-refractivity contribution >= 4 is 11.6 Å². The Bertz CT molecular complexity index is 797. The number of hydrogen-bond donors (Lipinski definition) is 2. The van der Waals surface area contributed by atoms with Crippen molar-refractivity contribution in [3.63, 3.8) is 0 Å². The number of anilines is 1. The summed E-state index contributed by atoms with van der Waals surface area (Å²) in [6, 6.07) is 14.5. The highest BCUT2D eigenvalue weighted by molar-refractivity contribution is 5.81. The van der Waals surface area contributed by atoms with Gasteiger partial charge in [-0.1, -0.05) is 6.07 Å². The lowest BCUT2D eigenvalue weighted by atomic mass is 10.1. The minimum absolute atomic E-state index is 0.126. The number of hydrogen-bond acceptors (Lipinski definition) is 5. The molecule has 6 nitrogen and oxygen atoms in total.